The summed E-state index contributed by atoms with van der Waals surface area (Å²) >= 11 is 0. The van der Waals surface area contributed by atoms with Gasteiger partial charge >= 0.3 is 0 Å². The summed E-state index contributed by atoms with van der Waals surface area (Å²) in [4.78, 5) is 12.8. The van der Waals surface area contributed by atoms with Gasteiger partial charge in [0.1, 0.15) is 0 Å². The van der Waals surface area contributed by atoms with Crippen LogP contribution < -0.4 is 0 Å². The zero-order valence-corrected chi connectivity index (χ0v) is 31.8. The number of hydrogen-bond acceptors (Lipinski definition) is 2. The second kappa shape index (κ2) is 27.1. The lowest BCUT2D eigenvalue weighted by Crippen LogP contribution is -2.37. The third kappa shape index (κ3) is 19.3. The number of allylic oxidation sites excluding steroid dienone is 2. The molecule has 2 nitrogen and oxygen atoms in total. The maximum absolute atomic E-state index is 10.3. The average molecular weight is 608 g/mol. The maximum Gasteiger partial charge on any atom is 0.155 e. The average Bonchev–Trinajstić information content (AvgIpc) is 3.21. The van der Waals surface area contributed by atoms with Crippen molar-refractivity contribution in [2.75, 3.05) is 19.6 Å². The predicted octanol–water partition coefficient (Wildman–Crippen LogP) is 12.8. The van der Waals surface area contributed by atoms with E-state index in [-0.39, 0.29) is 5.78 Å². The molecule has 1 heterocycles. The second-order valence-corrected chi connectivity index (χ2v) is 12.2. The number of ketones is 1. The first-order valence-corrected chi connectivity index (χ1v) is 18.1. The lowest BCUT2D eigenvalue weighted by atomic mass is 9.95. The maximum atomic E-state index is 10.3. The van der Waals surface area contributed by atoms with Crippen molar-refractivity contribution in [2.24, 2.45) is 11.8 Å². The fourth-order valence-corrected chi connectivity index (χ4v) is 4.91. The van der Waals surface area contributed by atoms with E-state index in [2.05, 4.69) is 89.8 Å². The SMILES string of the molecule is C/C=C(\C)C(C)=O.CC.CC.CC1CCCC(C)CC1.CCCN1CCC1.CCc1ccc(C)c(-c2ccc(C)c(C)c2)c1. The largest absolute Gasteiger partial charge is 0.303 e. The third-order valence-corrected chi connectivity index (χ3v) is 8.55. The van der Waals surface area contributed by atoms with Crippen LogP contribution in [0, 0.1) is 32.6 Å². The van der Waals surface area contributed by atoms with Crippen molar-refractivity contribution in [1.29, 1.82) is 0 Å². The molecular weight excluding hydrogens is 534 g/mol. The summed E-state index contributed by atoms with van der Waals surface area (Å²) in [5.74, 6) is 2.17. The summed E-state index contributed by atoms with van der Waals surface area (Å²) in [6.07, 6.45) is 13.0. The number of likely N-dealkylation sites (tertiary alicyclic amines) is 1. The highest BCUT2D eigenvalue weighted by molar-refractivity contribution is 5.92. The van der Waals surface area contributed by atoms with Gasteiger partial charge in [0.25, 0.3) is 0 Å². The van der Waals surface area contributed by atoms with Crippen LogP contribution in [0.4, 0.5) is 0 Å². The summed E-state index contributed by atoms with van der Waals surface area (Å²) in [5.41, 5.74) is 9.02. The smallest absolute Gasteiger partial charge is 0.155 e. The van der Waals surface area contributed by atoms with Crippen LogP contribution in [0.2, 0.25) is 0 Å². The van der Waals surface area contributed by atoms with Gasteiger partial charge in [-0.3, -0.25) is 4.79 Å². The van der Waals surface area contributed by atoms with Crippen molar-refractivity contribution in [3.8, 4) is 11.1 Å². The number of carbonyl (C=O) groups excluding carboxylic acids is 1. The molecule has 2 aromatic carbocycles. The molecule has 2 fully saturated rings. The zero-order valence-electron chi connectivity index (χ0n) is 31.8. The van der Waals surface area contributed by atoms with Crippen LogP contribution in [0.25, 0.3) is 11.1 Å². The number of rotatable bonds is 5. The van der Waals surface area contributed by atoms with Gasteiger partial charge in [-0.25, -0.2) is 0 Å². The van der Waals surface area contributed by atoms with Gasteiger partial charge in [-0.2, -0.15) is 0 Å². The third-order valence-electron chi connectivity index (χ3n) is 8.55. The number of hydrogen-bond donors (Lipinski definition) is 0. The van der Waals surface area contributed by atoms with Gasteiger partial charge < -0.3 is 4.90 Å². The first kappa shape index (κ1) is 43.9. The first-order valence-electron chi connectivity index (χ1n) is 18.1. The molecule has 2 unspecified atom stereocenters. The minimum atomic E-state index is 0.155. The van der Waals surface area contributed by atoms with Crippen molar-refractivity contribution < 1.29 is 4.79 Å². The summed E-state index contributed by atoms with van der Waals surface area (Å²) in [5, 5.41) is 0. The van der Waals surface area contributed by atoms with Crippen LogP contribution >= 0.6 is 0 Å². The highest BCUT2D eigenvalue weighted by Gasteiger charge is 2.11. The molecule has 0 bridgehead atoms. The molecule has 1 aliphatic heterocycles. The number of nitrogens with zero attached hydrogens (tertiary/aromatic N) is 1. The van der Waals surface area contributed by atoms with Crippen LogP contribution in [0.3, 0.4) is 0 Å². The Bertz CT molecular complexity index is 1020. The van der Waals surface area contributed by atoms with Crippen LogP contribution in [-0.4, -0.2) is 30.3 Å². The molecule has 2 aliphatic rings. The summed E-state index contributed by atoms with van der Waals surface area (Å²) in [6.45, 7) is 33.0. The van der Waals surface area contributed by atoms with E-state index in [0.717, 1.165) is 23.8 Å². The standard InChI is InChI=1S/C17H20.C9H18.C6H13N.C6H10O.2C2H6/c1-5-15-8-6-13(3)17(11-15)16-9-7-12(2)14(4)10-16;1-8-4-3-5-9(2)7-6-8;1-2-4-7-5-3-6-7;1-4-5(2)6(3)7;2*1-2/h6-11H,5H2,1-4H3;8-9H,3-7H2,1-2H3;2-6H2,1H3;4H,1-3H3;2*1-2H3/b;;;5-4+;;. The molecule has 1 aliphatic carbocycles. The molecule has 2 aromatic rings. The fraction of sp³-hybridized carbons (Fsp3) is 0.643. The van der Waals surface area contributed by atoms with Gasteiger partial charge in [-0.05, 0) is 131 Å². The van der Waals surface area contributed by atoms with Crippen molar-refractivity contribution in [3.63, 3.8) is 0 Å². The number of Topliss-reactive ketones (excluding diaryl/α,β-unsaturated/α-hetero) is 1. The minimum Gasteiger partial charge on any atom is -0.303 e. The predicted molar refractivity (Wildman–Crippen MR) is 201 cm³/mol. The van der Waals surface area contributed by atoms with Crippen LogP contribution in [0.5, 0.6) is 0 Å². The molecule has 4 rings (SSSR count). The highest BCUT2D eigenvalue weighted by Crippen LogP contribution is 2.27. The summed E-state index contributed by atoms with van der Waals surface area (Å²) in [6, 6.07) is 13.5. The van der Waals surface area contributed by atoms with Gasteiger partial charge in [0.15, 0.2) is 5.78 Å². The van der Waals surface area contributed by atoms with Crippen molar-refractivity contribution in [1.82, 2.24) is 4.90 Å². The molecule has 1 saturated heterocycles. The van der Waals surface area contributed by atoms with Gasteiger partial charge in [0.2, 0.25) is 0 Å². The molecule has 0 amide bonds. The van der Waals surface area contributed by atoms with E-state index in [9.17, 15) is 4.79 Å². The summed E-state index contributed by atoms with van der Waals surface area (Å²) in [7, 11) is 0. The Morgan fingerprint density at radius 3 is 1.68 bits per heavy atom. The molecule has 1 saturated carbocycles. The lowest BCUT2D eigenvalue weighted by Gasteiger charge is -2.29. The Morgan fingerprint density at radius 1 is 0.773 bits per heavy atom. The number of carbonyl (C=O) groups is 1. The van der Waals surface area contributed by atoms with Crippen LogP contribution in [0.15, 0.2) is 48.0 Å². The quantitative estimate of drug-likeness (QED) is 0.249. The van der Waals surface area contributed by atoms with E-state index in [1.165, 1.54) is 98.0 Å². The Hall–Kier alpha value is -2.19. The Balaban J connectivity index is 0. The molecule has 2 heteroatoms. The van der Waals surface area contributed by atoms with E-state index in [0.29, 0.717) is 0 Å². The van der Waals surface area contributed by atoms with Crippen molar-refractivity contribution in [3.05, 3.63) is 70.3 Å². The zero-order chi connectivity index (χ0) is 34.1. The van der Waals surface area contributed by atoms with Gasteiger partial charge in [-0.15, -0.1) is 0 Å². The molecule has 0 spiro atoms. The van der Waals surface area contributed by atoms with E-state index in [1.54, 1.807) is 6.92 Å². The minimum absolute atomic E-state index is 0.155. The van der Waals surface area contributed by atoms with Crippen molar-refractivity contribution in [2.45, 2.75) is 148 Å². The topological polar surface area (TPSA) is 20.3 Å². The van der Waals surface area contributed by atoms with Crippen LogP contribution in [-0.2, 0) is 11.2 Å². The Kier molecular flexibility index (Phi) is 27.1. The van der Waals surface area contributed by atoms with E-state index in [4.69, 9.17) is 0 Å². The monoisotopic (exact) mass is 608 g/mol. The molecule has 44 heavy (non-hydrogen) atoms. The molecular formula is C42H73NO. The van der Waals surface area contributed by atoms with E-state index in [1.807, 2.05) is 47.6 Å². The van der Waals surface area contributed by atoms with E-state index < -0.39 is 0 Å². The first-order chi connectivity index (χ1) is 21.0. The number of benzene rings is 2. The Labute approximate surface area is 276 Å². The molecule has 0 N–H and O–H groups in total. The fourth-order valence-electron chi connectivity index (χ4n) is 4.91. The van der Waals surface area contributed by atoms with Crippen LogP contribution in [0.1, 0.15) is 143 Å². The second-order valence-electron chi connectivity index (χ2n) is 12.2. The molecule has 252 valence electrons. The molecule has 2 atom stereocenters. The van der Waals surface area contributed by atoms with Gasteiger partial charge in [0.05, 0.1) is 0 Å². The Morgan fingerprint density at radius 2 is 1.32 bits per heavy atom. The highest BCUT2D eigenvalue weighted by atomic mass is 16.1. The molecule has 0 aromatic heterocycles. The van der Waals surface area contributed by atoms with Gasteiger partial charge in [0, 0.05) is 0 Å². The lowest BCUT2D eigenvalue weighted by molar-refractivity contribution is -0.113. The van der Waals surface area contributed by atoms with Gasteiger partial charge in [-0.1, -0.05) is 130 Å². The summed E-state index contributed by atoms with van der Waals surface area (Å²) < 4.78 is 0. The van der Waals surface area contributed by atoms with E-state index >= 15 is 0 Å². The molecule has 0 radical (unpaired) electrons. The number of aryl methyl sites for hydroxylation is 4. The van der Waals surface area contributed by atoms with Crippen molar-refractivity contribution >= 4 is 5.78 Å². The normalized spacial score (nSPS) is 17.5.